The lowest BCUT2D eigenvalue weighted by atomic mass is 10.1. The predicted molar refractivity (Wildman–Crippen MR) is 92.8 cm³/mol. The molecule has 1 heterocycles. The average molecular weight is 340 g/mol. The quantitative estimate of drug-likeness (QED) is 0.712. The summed E-state index contributed by atoms with van der Waals surface area (Å²) < 4.78 is 32.2. The Morgan fingerprint density at radius 3 is 2.30 bits per heavy atom. The number of ether oxygens (including phenoxy) is 1. The van der Waals surface area contributed by atoms with Crippen LogP contribution in [0, 0.1) is 0 Å². The molecule has 2 atom stereocenters. The van der Waals surface area contributed by atoms with Crippen molar-refractivity contribution in [3.8, 4) is 0 Å². The summed E-state index contributed by atoms with van der Waals surface area (Å²) >= 11 is 0. The van der Waals surface area contributed by atoms with Gasteiger partial charge in [0.25, 0.3) is 0 Å². The van der Waals surface area contributed by atoms with Crippen LogP contribution in [0.4, 0.5) is 0 Å². The molecule has 1 aliphatic heterocycles. The van der Waals surface area contributed by atoms with Crippen molar-refractivity contribution in [2.45, 2.75) is 38.1 Å². The Kier molecular flexibility index (Phi) is 6.59. The number of methoxy groups -OCH3 is 1. The maximum Gasteiger partial charge on any atom is 0.218 e. The first-order valence-corrected chi connectivity index (χ1v) is 9.81. The highest BCUT2D eigenvalue weighted by atomic mass is 32.2. The summed E-state index contributed by atoms with van der Waals surface area (Å²) in [6.07, 6.45) is 0.974. The Balaban J connectivity index is 1.99. The molecule has 0 amide bonds. The van der Waals surface area contributed by atoms with E-state index in [2.05, 4.69) is 18.7 Å². The summed E-state index contributed by atoms with van der Waals surface area (Å²) in [5, 5.41) is 0. The van der Waals surface area contributed by atoms with Gasteiger partial charge >= 0.3 is 0 Å². The minimum Gasteiger partial charge on any atom is -0.385 e. The topological polar surface area (TPSA) is 49.9 Å². The zero-order chi connectivity index (χ0) is 16.9. The molecule has 0 radical (unpaired) electrons. The van der Waals surface area contributed by atoms with Crippen LogP contribution in [-0.4, -0.2) is 63.1 Å². The molecule has 0 bridgehead atoms. The summed E-state index contributed by atoms with van der Waals surface area (Å²) in [6, 6.07) is 9.84. The van der Waals surface area contributed by atoms with Crippen LogP contribution in [0.3, 0.4) is 0 Å². The number of hydrogen-bond acceptors (Lipinski definition) is 4. The van der Waals surface area contributed by atoms with Gasteiger partial charge in [-0.05, 0) is 25.8 Å². The van der Waals surface area contributed by atoms with E-state index >= 15 is 0 Å². The van der Waals surface area contributed by atoms with Gasteiger partial charge in [0.15, 0.2) is 0 Å². The molecule has 0 saturated carbocycles. The second-order valence-corrected chi connectivity index (χ2v) is 8.31. The largest absolute Gasteiger partial charge is 0.385 e. The normalized spacial score (nSPS) is 24.0. The number of piperazine rings is 1. The van der Waals surface area contributed by atoms with Crippen LogP contribution in [0.1, 0.15) is 25.8 Å². The molecule has 23 heavy (non-hydrogen) atoms. The van der Waals surface area contributed by atoms with E-state index in [1.807, 2.05) is 30.3 Å². The monoisotopic (exact) mass is 340 g/mol. The van der Waals surface area contributed by atoms with Crippen molar-refractivity contribution in [1.29, 1.82) is 0 Å². The molecule has 2 rings (SSSR count). The van der Waals surface area contributed by atoms with Crippen molar-refractivity contribution >= 4 is 10.0 Å². The zero-order valence-electron chi connectivity index (χ0n) is 14.3. The number of sulfonamides is 1. The van der Waals surface area contributed by atoms with Crippen LogP contribution in [0.2, 0.25) is 0 Å². The van der Waals surface area contributed by atoms with Crippen molar-refractivity contribution in [2.75, 3.05) is 33.4 Å². The molecule has 130 valence electrons. The number of rotatable bonds is 7. The van der Waals surface area contributed by atoms with Crippen molar-refractivity contribution in [3.05, 3.63) is 35.9 Å². The van der Waals surface area contributed by atoms with Crippen molar-refractivity contribution in [2.24, 2.45) is 0 Å². The van der Waals surface area contributed by atoms with Crippen LogP contribution in [0.5, 0.6) is 0 Å². The van der Waals surface area contributed by atoms with Gasteiger partial charge in [0.2, 0.25) is 10.0 Å². The molecule has 1 fully saturated rings. The van der Waals surface area contributed by atoms with Crippen LogP contribution in [0.15, 0.2) is 30.3 Å². The van der Waals surface area contributed by atoms with Crippen LogP contribution >= 0.6 is 0 Å². The van der Waals surface area contributed by atoms with Crippen molar-refractivity contribution in [3.63, 3.8) is 0 Å². The van der Waals surface area contributed by atoms with E-state index in [9.17, 15) is 8.42 Å². The second kappa shape index (κ2) is 8.24. The van der Waals surface area contributed by atoms with E-state index in [0.29, 0.717) is 13.1 Å². The van der Waals surface area contributed by atoms with Gasteiger partial charge in [-0.15, -0.1) is 0 Å². The van der Waals surface area contributed by atoms with E-state index in [4.69, 9.17) is 4.74 Å². The first-order chi connectivity index (χ1) is 10.9. The van der Waals surface area contributed by atoms with Gasteiger partial charge in [-0.1, -0.05) is 30.3 Å². The summed E-state index contributed by atoms with van der Waals surface area (Å²) in [7, 11) is -1.56. The molecule has 0 aliphatic carbocycles. The molecule has 1 aromatic carbocycles. The fraction of sp³-hybridized carbons (Fsp3) is 0.647. The Labute approximate surface area is 140 Å². The standard InChI is InChI=1S/C17H28N2O3S/c1-15-12-18(13-16(2)19(15)10-7-11-22-3)23(20,21)14-17-8-5-4-6-9-17/h4-6,8-9,15-16H,7,10-14H2,1-3H3. The highest BCUT2D eigenvalue weighted by Gasteiger charge is 2.34. The lowest BCUT2D eigenvalue weighted by Crippen LogP contribution is -2.58. The molecule has 0 spiro atoms. The van der Waals surface area contributed by atoms with Crippen molar-refractivity contribution < 1.29 is 13.2 Å². The van der Waals surface area contributed by atoms with Gasteiger partial charge in [0.1, 0.15) is 0 Å². The Morgan fingerprint density at radius 2 is 1.74 bits per heavy atom. The third kappa shape index (κ3) is 5.01. The van der Waals surface area contributed by atoms with Gasteiger partial charge in [0, 0.05) is 45.4 Å². The molecular weight excluding hydrogens is 312 g/mol. The van der Waals surface area contributed by atoms with E-state index in [0.717, 1.165) is 25.1 Å². The molecule has 1 saturated heterocycles. The van der Waals surface area contributed by atoms with E-state index < -0.39 is 10.0 Å². The number of hydrogen-bond donors (Lipinski definition) is 0. The molecule has 6 heteroatoms. The number of benzene rings is 1. The van der Waals surface area contributed by atoms with Crippen molar-refractivity contribution in [1.82, 2.24) is 9.21 Å². The zero-order valence-corrected chi connectivity index (χ0v) is 15.1. The smallest absolute Gasteiger partial charge is 0.218 e. The van der Waals surface area contributed by atoms with Gasteiger partial charge in [0.05, 0.1) is 5.75 Å². The SMILES string of the molecule is COCCCN1C(C)CN(S(=O)(=O)Cc2ccccc2)CC1C. The molecule has 2 unspecified atom stereocenters. The predicted octanol–water partition coefficient (Wildman–Crippen LogP) is 1.95. The molecular formula is C17H28N2O3S. The average Bonchev–Trinajstić information content (AvgIpc) is 2.50. The van der Waals surface area contributed by atoms with Crippen LogP contribution < -0.4 is 0 Å². The summed E-state index contributed by atoms with van der Waals surface area (Å²) in [6.45, 7) is 7.02. The lowest BCUT2D eigenvalue weighted by Gasteiger charge is -2.43. The third-order valence-electron chi connectivity index (χ3n) is 4.42. The van der Waals surface area contributed by atoms with E-state index in [-0.39, 0.29) is 17.8 Å². The lowest BCUT2D eigenvalue weighted by molar-refractivity contribution is 0.0665. The Bertz CT molecular complexity index is 565. The Hall–Kier alpha value is -0.950. The van der Waals surface area contributed by atoms with Crippen LogP contribution in [0.25, 0.3) is 0 Å². The summed E-state index contributed by atoms with van der Waals surface area (Å²) in [5.74, 6) is 0.0803. The number of nitrogens with zero attached hydrogens (tertiary/aromatic N) is 2. The molecule has 0 N–H and O–H groups in total. The Morgan fingerprint density at radius 1 is 1.13 bits per heavy atom. The van der Waals surface area contributed by atoms with Gasteiger partial charge < -0.3 is 4.74 Å². The van der Waals surface area contributed by atoms with Crippen LogP contribution in [-0.2, 0) is 20.5 Å². The van der Waals surface area contributed by atoms with Gasteiger partial charge in [-0.3, -0.25) is 4.90 Å². The molecule has 0 aromatic heterocycles. The summed E-state index contributed by atoms with van der Waals surface area (Å²) in [4.78, 5) is 2.38. The van der Waals surface area contributed by atoms with E-state index in [1.54, 1.807) is 11.4 Å². The molecule has 5 nitrogen and oxygen atoms in total. The fourth-order valence-electron chi connectivity index (χ4n) is 3.24. The van der Waals surface area contributed by atoms with Gasteiger partial charge in [-0.2, -0.15) is 4.31 Å². The first kappa shape index (κ1) is 18.4. The first-order valence-electron chi connectivity index (χ1n) is 8.20. The fourth-order valence-corrected chi connectivity index (χ4v) is 4.93. The van der Waals surface area contributed by atoms with E-state index in [1.165, 1.54) is 0 Å². The maximum atomic E-state index is 12.7. The second-order valence-electron chi connectivity index (χ2n) is 6.34. The third-order valence-corrected chi connectivity index (χ3v) is 6.20. The maximum absolute atomic E-state index is 12.7. The molecule has 1 aliphatic rings. The van der Waals surface area contributed by atoms with Gasteiger partial charge in [-0.25, -0.2) is 8.42 Å². The minimum absolute atomic E-state index is 0.0803. The summed E-state index contributed by atoms with van der Waals surface area (Å²) in [5.41, 5.74) is 0.843. The highest BCUT2D eigenvalue weighted by Crippen LogP contribution is 2.21. The molecule has 1 aromatic rings. The minimum atomic E-state index is -3.27. The highest BCUT2D eigenvalue weighted by molar-refractivity contribution is 7.88.